The normalized spacial score (nSPS) is 22.4. The Hall–Kier alpha value is -0.530. The predicted molar refractivity (Wildman–Crippen MR) is 84.7 cm³/mol. The highest BCUT2D eigenvalue weighted by molar-refractivity contribution is 5.75. The van der Waals surface area contributed by atoms with Crippen LogP contribution in [0.25, 0.3) is 0 Å². The molecular formula is C18H34O2. The zero-order valence-corrected chi connectivity index (χ0v) is 14.1. The van der Waals surface area contributed by atoms with Crippen LogP contribution in [0.4, 0.5) is 0 Å². The minimum atomic E-state index is -0.396. The first-order valence-electron chi connectivity index (χ1n) is 8.57. The summed E-state index contributed by atoms with van der Waals surface area (Å²) in [5, 5.41) is 0. The van der Waals surface area contributed by atoms with Crippen molar-refractivity contribution in [2.75, 3.05) is 0 Å². The molecule has 0 atom stereocenters. The molecule has 1 aliphatic rings. The number of hydrogen-bond acceptors (Lipinski definition) is 2. The third-order valence-electron chi connectivity index (χ3n) is 4.36. The van der Waals surface area contributed by atoms with E-state index in [0.717, 1.165) is 12.8 Å². The Morgan fingerprint density at radius 1 is 0.800 bits per heavy atom. The molecule has 0 aromatic heterocycles. The summed E-state index contributed by atoms with van der Waals surface area (Å²) in [5.41, 5.74) is -0.643. The van der Waals surface area contributed by atoms with Gasteiger partial charge in [-0.05, 0) is 53.4 Å². The van der Waals surface area contributed by atoms with Gasteiger partial charge in [0, 0.05) is 0 Å². The molecule has 2 nitrogen and oxygen atoms in total. The minimum Gasteiger partial charge on any atom is -0.459 e. The summed E-state index contributed by atoms with van der Waals surface area (Å²) in [4.78, 5) is 12.2. The number of carbonyl (C=O) groups excluding carboxylic acids is 1. The van der Waals surface area contributed by atoms with E-state index in [4.69, 9.17) is 4.74 Å². The van der Waals surface area contributed by atoms with Gasteiger partial charge in [0.05, 0.1) is 5.41 Å². The van der Waals surface area contributed by atoms with Gasteiger partial charge in [0.2, 0.25) is 0 Å². The van der Waals surface area contributed by atoms with Gasteiger partial charge in [-0.15, -0.1) is 0 Å². The van der Waals surface area contributed by atoms with Gasteiger partial charge in [-0.1, -0.05) is 44.9 Å². The van der Waals surface area contributed by atoms with E-state index in [-0.39, 0.29) is 11.6 Å². The summed E-state index contributed by atoms with van der Waals surface area (Å²) in [6.07, 6.45) is 13.8. The first-order valence-corrected chi connectivity index (χ1v) is 8.57. The van der Waals surface area contributed by atoms with E-state index in [1.165, 1.54) is 57.8 Å². The fourth-order valence-electron chi connectivity index (χ4n) is 2.84. The Morgan fingerprint density at radius 3 is 1.50 bits per heavy atom. The third kappa shape index (κ3) is 6.76. The Balaban J connectivity index is 2.57. The van der Waals surface area contributed by atoms with E-state index in [1.807, 2.05) is 20.8 Å². The number of hydrogen-bond donors (Lipinski definition) is 0. The molecule has 0 bridgehead atoms. The first-order chi connectivity index (χ1) is 9.33. The topological polar surface area (TPSA) is 26.3 Å². The van der Waals surface area contributed by atoms with Crippen molar-refractivity contribution in [3.63, 3.8) is 0 Å². The number of ether oxygens (including phenoxy) is 1. The fraction of sp³-hybridized carbons (Fsp3) is 0.944. The lowest BCUT2D eigenvalue weighted by Gasteiger charge is -2.33. The van der Waals surface area contributed by atoms with E-state index in [9.17, 15) is 4.79 Å². The molecule has 0 unspecified atom stereocenters. The highest BCUT2D eigenvalue weighted by Crippen LogP contribution is 2.30. The molecule has 1 aliphatic carbocycles. The zero-order chi connectivity index (χ0) is 15.1. The molecule has 1 saturated carbocycles. The highest BCUT2D eigenvalue weighted by atomic mass is 16.6. The van der Waals surface area contributed by atoms with Crippen molar-refractivity contribution in [2.45, 2.75) is 104 Å². The van der Waals surface area contributed by atoms with Crippen molar-refractivity contribution in [2.24, 2.45) is 5.41 Å². The van der Waals surface area contributed by atoms with E-state index >= 15 is 0 Å². The van der Waals surface area contributed by atoms with Crippen LogP contribution in [0.5, 0.6) is 0 Å². The maximum Gasteiger partial charge on any atom is 0.311 e. The molecule has 0 amide bonds. The summed E-state index contributed by atoms with van der Waals surface area (Å²) >= 11 is 0. The van der Waals surface area contributed by atoms with E-state index in [0.29, 0.717) is 0 Å². The van der Waals surface area contributed by atoms with Gasteiger partial charge < -0.3 is 4.74 Å². The molecule has 0 aromatic carbocycles. The summed E-state index contributed by atoms with van der Waals surface area (Å²) in [6, 6.07) is 0. The third-order valence-corrected chi connectivity index (χ3v) is 4.36. The Kier molecular flexibility index (Phi) is 7.05. The van der Waals surface area contributed by atoms with Crippen LogP contribution < -0.4 is 0 Å². The van der Waals surface area contributed by atoms with Crippen LogP contribution in [0.2, 0.25) is 0 Å². The van der Waals surface area contributed by atoms with Crippen molar-refractivity contribution in [3.05, 3.63) is 0 Å². The number of rotatable bonds is 1. The summed E-state index contributed by atoms with van der Waals surface area (Å²) in [7, 11) is 0. The lowest BCUT2D eigenvalue weighted by atomic mass is 9.89. The van der Waals surface area contributed by atoms with Gasteiger partial charge in [0.25, 0.3) is 0 Å². The Labute approximate surface area is 125 Å². The lowest BCUT2D eigenvalue weighted by molar-refractivity contribution is -0.169. The molecule has 0 spiro atoms. The van der Waals surface area contributed by atoms with Crippen LogP contribution >= 0.6 is 0 Å². The predicted octanol–water partition coefficient (Wildman–Crippen LogP) is 5.64. The Morgan fingerprint density at radius 2 is 1.15 bits per heavy atom. The second-order valence-corrected chi connectivity index (χ2v) is 7.77. The zero-order valence-electron chi connectivity index (χ0n) is 14.1. The van der Waals surface area contributed by atoms with Crippen LogP contribution in [0.3, 0.4) is 0 Å². The van der Waals surface area contributed by atoms with Crippen molar-refractivity contribution in [1.29, 1.82) is 0 Å². The average Bonchev–Trinajstić information content (AvgIpc) is 2.33. The van der Waals surface area contributed by atoms with E-state index in [1.54, 1.807) is 0 Å². The smallest absolute Gasteiger partial charge is 0.311 e. The van der Waals surface area contributed by atoms with Crippen molar-refractivity contribution >= 4 is 5.97 Å². The van der Waals surface area contributed by atoms with E-state index < -0.39 is 5.41 Å². The monoisotopic (exact) mass is 282 g/mol. The largest absolute Gasteiger partial charge is 0.459 e. The molecule has 20 heavy (non-hydrogen) atoms. The molecule has 0 aromatic rings. The summed E-state index contributed by atoms with van der Waals surface area (Å²) in [6.45, 7) is 7.96. The second kappa shape index (κ2) is 8.05. The van der Waals surface area contributed by atoms with Gasteiger partial charge in [-0.2, -0.15) is 0 Å². The molecule has 0 heterocycles. The van der Waals surface area contributed by atoms with Gasteiger partial charge in [0.15, 0.2) is 0 Å². The molecule has 0 aliphatic heterocycles. The second-order valence-electron chi connectivity index (χ2n) is 7.77. The molecule has 0 saturated heterocycles. The summed E-state index contributed by atoms with van der Waals surface area (Å²) < 4.78 is 5.91. The van der Waals surface area contributed by atoms with Gasteiger partial charge in [0.1, 0.15) is 5.60 Å². The minimum absolute atomic E-state index is 0.0490. The first kappa shape index (κ1) is 17.5. The fourth-order valence-corrected chi connectivity index (χ4v) is 2.84. The van der Waals surface area contributed by atoms with Crippen molar-refractivity contribution < 1.29 is 9.53 Å². The van der Waals surface area contributed by atoms with Gasteiger partial charge in [-0.25, -0.2) is 0 Å². The quantitative estimate of drug-likeness (QED) is 0.582. The van der Waals surface area contributed by atoms with E-state index in [2.05, 4.69) is 6.92 Å². The molecule has 0 radical (unpaired) electrons. The van der Waals surface area contributed by atoms with Crippen LogP contribution in [-0.2, 0) is 9.53 Å². The van der Waals surface area contributed by atoms with Crippen molar-refractivity contribution in [3.8, 4) is 0 Å². The lowest BCUT2D eigenvalue weighted by Crippen LogP contribution is -2.36. The van der Waals surface area contributed by atoms with Gasteiger partial charge >= 0.3 is 5.97 Å². The maximum atomic E-state index is 12.2. The standard InChI is InChI=1S/C18H34O2/c1-17(2,3)16(19)20-18(4)14-12-10-8-6-5-7-9-11-13-15-18/h5-15H2,1-4H3. The summed E-state index contributed by atoms with van der Waals surface area (Å²) in [5.74, 6) is -0.0490. The number of esters is 1. The number of carbonyl (C=O) groups is 1. The maximum absolute atomic E-state index is 12.2. The van der Waals surface area contributed by atoms with Crippen LogP contribution in [0.1, 0.15) is 98.3 Å². The Bertz CT molecular complexity index is 276. The molecular weight excluding hydrogens is 248 g/mol. The van der Waals surface area contributed by atoms with Crippen LogP contribution in [0, 0.1) is 5.41 Å². The highest BCUT2D eigenvalue weighted by Gasteiger charge is 2.33. The molecule has 1 fully saturated rings. The molecule has 2 heteroatoms. The molecule has 118 valence electrons. The van der Waals surface area contributed by atoms with Crippen LogP contribution in [0.15, 0.2) is 0 Å². The van der Waals surface area contributed by atoms with Gasteiger partial charge in [-0.3, -0.25) is 4.79 Å². The van der Waals surface area contributed by atoms with Crippen molar-refractivity contribution in [1.82, 2.24) is 0 Å². The average molecular weight is 282 g/mol. The molecule has 0 N–H and O–H groups in total. The SMILES string of the molecule is CC1(OC(=O)C(C)(C)C)CCCCCCCCCCC1. The molecule has 1 rings (SSSR count). The van der Waals surface area contributed by atoms with Crippen LogP contribution in [-0.4, -0.2) is 11.6 Å².